The van der Waals surface area contributed by atoms with E-state index in [9.17, 15) is 9.18 Å². The van der Waals surface area contributed by atoms with Gasteiger partial charge in [-0.05, 0) is 24.3 Å². The third kappa shape index (κ3) is 4.09. The molecule has 8 heteroatoms. The minimum absolute atomic E-state index is 0.0135. The maximum atomic E-state index is 13.9. The van der Waals surface area contributed by atoms with Crippen LogP contribution in [0.1, 0.15) is 18.4 Å². The molecule has 0 spiro atoms. The van der Waals surface area contributed by atoms with Crippen molar-refractivity contribution in [1.82, 2.24) is 9.88 Å². The Hall–Kier alpha value is -1.89. The molecule has 1 fully saturated rings. The van der Waals surface area contributed by atoms with Crippen LogP contribution in [0.25, 0.3) is 10.2 Å². The number of piperidine rings is 1. The summed E-state index contributed by atoms with van der Waals surface area (Å²) in [5, 5.41) is 1.47. The molecule has 146 valence electrons. The Labute approximate surface area is 175 Å². The van der Waals surface area contributed by atoms with Gasteiger partial charge in [0.1, 0.15) is 17.4 Å². The zero-order valence-electron chi connectivity index (χ0n) is 14.8. The van der Waals surface area contributed by atoms with Crippen molar-refractivity contribution in [2.45, 2.75) is 25.4 Å². The van der Waals surface area contributed by atoms with Crippen molar-refractivity contribution in [1.29, 1.82) is 0 Å². The number of rotatable bonds is 4. The summed E-state index contributed by atoms with van der Waals surface area (Å²) >= 11 is 13.7. The Morgan fingerprint density at radius 3 is 2.61 bits per heavy atom. The molecule has 0 bridgehead atoms. The Morgan fingerprint density at radius 1 is 1.18 bits per heavy atom. The van der Waals surface area contributed by atoms with Crippen LogP contribution in [0.15, 0.2) is 36.4 Å². The Balaban J connectivity index is 1.35. The SMILES string of the molecule is O=C(Cc1c(F)cccc1Cl)N1CCC(Oc2nc3c(Cl)cccc3s2)CC1. The smallest absolute Gasteiger partial charge is 0.274 e. The lowest BCUT2D eigenvalue weighted by molar-refractivity contribution is -0.132. The van der Waals surface area contributed by atoms with Crippen molar-refractivity contribution in [3.63, 3.8) is 0 Å². The maximum Gasteiger partial charge on any atom is 0.274 e. The van der Waals surface area contributed by atoms with E-state index in [1.54, 1.807) is 17.0 Å². The van der Waals surface area contributed by atoms with E-state index in [1.807, 2.05) is 12.1 Å². The van der Waals surface area contributed by atoms with E-state index in [0.29, 0.717) is 36.1 Å². The molecular weight excluding hydrogens is 422 g/mol. The summed E-state index contributed by atoms with van der Waals surface area (Å²) in [6, 6.07) is 10.1. The van der Waals surface area contributed by atoms with Gasteiger partial charge in [-0.25, -0.2) is 9.37 Å². The van der Waals surface area contributed by atoms with Gasteiger partial charge < -0.3 is 9.64 Å². The molecule has 0 atom stereocenters. The first kappa shape index (κ1) is 19.4. The van der Waals surface area contributed by atoms with Gasteiger partial charge in [-0.3, -0.25) is 4.79 Å². The zero-order valence-corrected chi connectivity index (χ0v) is 17.2. The maximum absolute atomic E-state index is 13.9. The van der Waals surface area contributed by atoms with E-state index in [2.05, 4.69) is 4.98 Å². The molecule has 0 N–H and O–H groups in total. The van der Waals surface area contributed by atoms with Crippen molar-refractivity contribution < 1.29 is 13.9 Å². The van der Waals surface area contributed by atoms with Crippen molar-refractivity contribution in [3.05, 3.63) is 57.8 Å². The topological polar surface area (TPSA) is 42.4 Å². The minimum atomic E-state index is -0.450. The second kappa shape index (κ2) is 8.23. The molecule has 4 rings (SSSR count). The number of likely N-dealkylation sites (tertiary alicyclic amines) is 1. The monoisotopic (exact) mass is 438 g/mol. The highest BCUT2D eigenvalue weighted by atomic mass is 35.5. The van der Waals surface area contributed by atoms with Gasteiger partial charge >= 0.3 is 0 Å². The van der Waals surface area contributed by atoms with Gasteiger partial charge in [-0.2, -0.15) is 0 Å². The van der Waals surface area contributed by atoms with Gasteiger partial charge in [0.15, 0.2) is 0 Å². The number of thiazole rings is 1. The minimum Gasteiger partial charge on any atom is -0.467 e. The first-order valence-electron chi connectivity index (χ1n) is 8.93. The molecular formula is C20H17Cl2FN2O2S. The standard InChI is InChI=1S/C20H17Cl2FN2O2S/c21-14-3-1-5-16(23)13(14)11-18(26)25-9-7-12(8-10-25)27-20-24-19-15(22)4-2-6-17(19)28-20/h1-6,12H,7-11H2. The summed E-state index contributed by atoms with van der Waals surface area (Å²) in [7, 11) is 0. The second-order valence-electron chi connectivity index (χ2n) is 6.64. The van der Waals surface area contributed by atoms with E-state index in [0.717, 1.165) is 10.2 Å². The molecule has 28 heavy (non-hydrogen) atoms. The second-order valence-corrected chi connectivity index (χ2v) is 8.45. The van der Waals surface area contributed by atoms with Crippen molar-refractivity contribution in [3.8, 4) is 5.19 Å². The summed E-state index contributed by atoms with van der Waals surface area (Å²) in [6.07, 6.45) is 1.34. The third-order valence-corrected chi connectivity index (χ3v) is 6.37. The van der Waals surface area contributed by atoms with E-state index < -0.39 is 5.82 Å². The van der Waals surface area contributed by atoms with Gasteiger partial charge in [0.25, 0.3) is 5.19 Å². The molecule has 1 aliphatic heterocycles. The summed E-state index contributed by atoms with van der Waals surface area (Å²) in [4.78, 5) is 18.7. The molecule has 1 aliphatic rings. The van der Waals surface area contributed by atoms with Crippen LogP contribution in [0.4, 0.5) is 4.39 Å². The number of benzene rings is 2. The van der Waals surface area contributed by atoms with Crippen LogP contribution in [-0.2, 0) is 11.2 Å². The van der Waals surface area contributed by atoms with Crippen LogP contribution >= 0.6 is 34.5 Å². The number of halogens is 3. The largest absolute Gasteiger partial charge is 0.467 e. The number of fused-ring (bicyclic) bond motifs is 1. The number of carbonyl (C=O) groups is 1. The van der Waals surface area contributed by atoms with Crippen LogP contribution in [0.5, 0.6) is 5.19 Å². The molecule has 3 aromatic rings. The molecule has 1 saturated heterocycles. The van der Waals surface area contributed by atoms with Crippen LogP contribution in [-0.4, -0.2) is 35.0 Å². The normalized spacial score (nSPS) is 15.2. The lowest BCUT2D eigenvalue weighted by Crippen LogP contribution is -2.42. The Kier molecular flexibility index (Phi) is 5.71. The average Bonchev–Trinajstić information content (AvgIpc) is 3.09. The Morgan fingerprint density at radius 2 is 1.89 bits per heavy atom. The van der Waals surface area contributed by atoms with E-state index >= 15 is 0 Å². The molecule has 2 heterocycles. The lowest BCUT2D eigenvalue weighted by atomic mass is 10.1. The first-order chi connectivity index (χ1) is 13.5. The number of carbonyl (C=O) groups excluding carboxylic acids is 1. The molecule has 1 amide bonds. The fourth-order valence-electron chi connectivity index (χ4n) is 3.27. The molecule has 0 unspecified atom stereocenters. The number of aromatic nitrogens is 1. The summed E-state index contributed by atoms with van der Waals surface area (Å²) in [5.41, 5.74) is 0.998. The quantitative estimate of drug-likeness (QED) is 0.550. The van der Waals surface area contributed by atoms with Crippen LogP contribution < -0.4 is 4.74 Å². The number of hydrogen-bond acceptors (Lipinski definition) is 4. The average molecular weight is 439 g/mol. The lowest BCUT2D eigenvalue weighted by Gasteiger charge is -2.31. The van der Waals surface area contributed by atoms with Gasteiger partial charge in [0, 0.05) is 36.5 Å². The fourth-order valence-corrected chi connectivity index (χ4v) is 4.69. The van der Waals surface area contributed by atoms with Gasteiger partial charge in [0.05, 0.1) is 16.1 Å². The predicted molar refractivity (Wildman–Crippen MR) is 110 cm³/mol. The van der Waals surface area contributed by atoms with Crippen molar-refractivity contribution in [2.24, 2.45) is 0 Å². The zero-order chi connectivity index (χ0) is 19.7. The number of ether oxygens (including phenoxy) is 1. The molecule has 0 aliphatic carbocycles. The van der Waals surface area contributed by atoms with Crippen LogP contribution in [0.3, 0.4) is 0 Å². The Bertz CT molecular complexity index is 998. The highest BCUT2D eigenvalue weighted by Gasteiger charge is 2.26. The highest BCUT2D eigenvalue weighted by Crippen LogP contribution is 2.33. The third-order valence-electron chi connectivity index (χ3n) is 4.80. The van der Waals surface area contributed by atoms with Crippen LogP contribution in [0, 0.1) is 5.82 Å². The predicted octanol–water partition coefficient (Wildman–Crippen LogP) is 5.35. The number of amides is 1. The molecule has 4 nitrogen and oxygen atoms in total. The van der Waals surface area contributed by atoms with Gasteiger partial charge in [-0.15, -0.1) is 0 Å². The number of para-hydroxylation sites is 1. The van der Waals surface area contributed by atoms with Crippen molar-refractivity contribution in [2.75, 3.05) is 13.1 Å². The van der Waals surface area contributed by atoms with Gasteiger partial charge in [-0.1, -0.05) is 46.7 Å². The van der Waals surface area contributed by atoms with E-state index in [-0.39, 0.29) is 29.0 Å². The first-order valence-corrected chi connectivity index (χ1v) is 10.5. The van der Waals surface area contributed by atoms with Gasteiger partial charge in [0.2, 0.25) is 5.91 Å². The molecule has 0 radical (unpaired) electrons. The highest BCUT2D eigenvalue weighted by molar-refractivity contribution is 7.20. The van der Waals surface area contributed by atoms with E-state index in [4.69, 9.17) is 27.9 Å². The molecule has 2 aromatic carbocycles. The molecule has 1 aromatic heterocycles. The number of hydrogen-bond donors (Lipinski definition) is 0. The van der Waals surface area contributed by atoms with Crippen molar-refractivity contribution >= 4 is 50.7 Å². The van der Waals surface area contributed by atoms with E-state index in [1.165, 1.54) is 23.5 Å². The summed E-state index contributed by atoms with van der Waals surface area (Å²) < 4.78 is 20.9. The summed E-state index contributed by atoms with van der Waals surface area (Å²) in [5.74, 6) is -0.578. The van der Waals surface area contributed by atoms with Crippen LogP contribution in [0.2, 0.25) is 10.0 Å². The summed E-state index contributed by atoms with van der Waals surface area (Å²) in [6.45, 7) is 1.11. The number of nitrogens with zero attached hydrogens (tertiary/aromatic N) is 2. The molecule has 0 saturated carbocycles. The fraction of sp³-hybridized carbons (Fsp3) is 0.300.